The van der Waals surface area contributed by atoms with E-state index in [1.54, 1.807) is 4.31 Å². The second-order valence-electron chi connectivity index (χ2n) is 5.92. The maximum Gasteiger partial charge on any atom is 0.279 e. The monoisotopic (exact) mass is 345 g/mol. The molecule has 0 amide bonds. The Morgan fingerprint density at radius 3 is 2.77 bits per heavy atom. The molecule has 1 saturated heterocycles. The van der Waals surface area contributed by atoms with E-state index in [9.17, 15) is 8.42 Å². The molecule has 2 heterocycles. The van der Waals surface area contributed by atoms with Gasteiger partial charge in [-0.2, -0.15) is 12.7 Å². The summed E-state index contributed by atoms with van der Waals surface area (Å²) in [5.74, 6) is 0.408. The lowest BCUT2D eigenvalue weighted by atomic mass is 10.0. The van der Waals surface area contributed by atoms with Crippen LogP contribution in [0.4, 0.5) is 0 Å². The summed E-state index contributed by atoms with van der Waals surface area (Å²) in [6.07, 6.45) is 3.02. The number of hydrogen-bond donors (Lipinski definition) is 2. The maximum atomic E-state index is 12.4. The summed E-state index contributed by atoms with van der Waals surface area (Å²) in [5, 5.41) is 3.32. The van der Waals surface area contributed by atoms with E-state index in [2.05, 4.69) is 16.1 Å². The molecule has 1 fully saturated rings. The van der Waals surface area contributed by atoms with Gasteiger partial charge in [0.25, 0.3) is 10.2 Å². The van der Waals surface area contributed by atoms with Crippen LogP contribution in [0.1, 0.15) is 24.0 Å². The topological polar surface area (TPSA) is 61.4 Å². The van der Waals surface area contributed by atoms with Crippen LogP contribution in [-0.2, 0) is 23.2 Å². The molecule has 1 unspecified atom stereocenters. The summed E-state index contributed by atoms with van der Waals surface area (Å²) >= 11 is 0. The van der Waals surface area contributed by atoms with E-state index in [1.807, 2.05) is 18.2 Å². The van der Waals surface area contributed by atoms with Gasteiger partial charge in [-0.3, -0.25) is 0 Å². The average molecular weight is 346 g/mol. The van der Waals surface area contributed by atoms with Crippen LogP contribution in [-0.4, -0.2) is 38.9 Å². The normalized spacial score (nSPS) is 22.6. The number of halogens is 1. The molecule has 0 aliphatic carbocycles. The molecule has 3 rings (SSSR count). The van der Waals surface area contributed by atoms with Crippen LogP contribution in [0.3, 0.4) is 0 Å². The zero-order valence-electron chi connectivity index (χ0n) is 12.6. The first-order valence-corrected chi connectivity index (χ1v) is 9.11. The molecule has 22 heavy (non-hydrogen) atoms. The van der Waals surface area contributed by atoms with E-state index >= 15 is 0 Å². The summed E-state index contributed by atoms with van der Waals surface area (Å²) in [4.78, 5) is 0. The second kappa shape index (κ2) is 7.75. The molecule has 124 valence electrons. The minimum absolute atomic E-state index is 0. The number of nitrogens with zero attached hydrogens (tertiary/aromatic N) is 1. The predicted molar refractivity (Wildman–Crippen MR) is 90.3 cm³/mol. The van der Waals surface area contributed by atoms with Gasteiger partial charge in [-0.05, 0) is 49.4 Å². The molecular weight excluding hydrogens is 322 g/mol. The van der Waals surface area contributed by atoms with Crippen molar-refractivity contribution in [1.82, 2.24) is 14.3 Å². The fourth-order valence-corrected chi connectivity index (χ4v) is 4.36. The largest absolute Gasteiger partial charge is 0.316 e. The Hall–Kier alpha value is -0.660. The van der Waals surface area contributed by atoms with Crippen LogP contribution < -0.4 is 10.0 Å². The molecule has 2 aliphatic rings. The second-order valence-corrected chi connectivity index (χ2v) is 7.67. The van der Waals surface area contributed by atoms with Crippen molar-refractivity contribution < 1.29 is 8.42 Å². The minimum Gasteiger partial charge on any atom is -0.316 e. The first-order chi connectivity index (χ1) is 10.1. The Morgan fingerprint density at radius 2 is 2.05 bits per heavy atom. The fourth-order valence-electron chi connectivity index (χ4n) is 3.09. The first-order valence-electron chi connectivity index (χ1n) is 7.67. The lowest BCUT2D eigenvalue weighted by Crippen LogP contribution is -2.46. The number of fused-ring (bicyclic) bond motifs is 1. The Kier molecular flexibility index (Phi) is 6.23. The number of rotatable bonds is 4. The minimum atomic E-state index is -3.37. The molecule has 0 saturated carbocycles. The summed E-state index contributed by atoms with van der Waals surface area (Å²) in [6, 6.07) is 8.08. The Labute approximate surface area is 139 Å². The molecule has 1 aromatic carbocycles. The zero-order valence-corrected chi connectivity index (χ0v) is 14.3. The van der Waals surface area contributed by atoms with Crippen LogP contribution in [0.2, 0.25) is 0 Å². The standard InChI is InChI=1S/C15H23N3O2S.ClH/c19-21(20,17-11-13-4-3-8-16-10-13)18-9-7-14-5-1-2-6-15(14)12-18;/h1-2,5-6,13,16-17H,3-4,7-12H2;1H. The quantitative estimate of drug-likeness (QED) is 0.864. The van der Waals surface area contributed by atoms with Gasteiger partial charge in [0.15, 0.2) is 0 Å². The van der Waals surface area contributed by atoms with E-state index in [1.165, 1.54) is 5.56 Å². The summed E-state index contributed by atoms with van der Waals surface area (Å²) in [7, 11) is -3.37. The van der Waals surface area contributed by atoms with Gasteiger partial charge in [-0.25, -0.2) is 4.72 Å². The first kappa shape index (κ1) is 17.7. The smallest absolute Gasteiger partial charge is 0.279 e. The van der Waals surface area contributed by atoms with Crippen molar-refractivity contribution in [2.75, 3.05) is 26.2 Å². The van der Waals surface area contributed by atoms with Crippen molar-refractivity contribution in [3.63, 3.8) is 0 Å². The maximum absolute atomic E-state index is 12.4. The zero-order chi connectivity index (χ0) is 14.7. The molecule has 2 aliphatic heterocycles. The van der Waals surface area contributed by atoms with E-state index < -0.39 is 10.2 Å². The third kappa shape index (κ3) is 4.20. The fraction of sp³-hybridized carbons (Fsp3) is 0.600. The lowest BCUT2D eigenvalue weighted by molar-refractivity contribution is 0.356. The number of nitrogens with one attached hydrogen (secondary N) is 2. The highest BCUT2D eigenvalue weighted by Gasteiger charge is 2.27. The molecule has 2 N–H and O–H groups in total. The van der Waals surface area contributed by atoms with Crippen LogP contribution in [0.25, 0.3) is 0 Å². The van der Waals surface area contributed by atoms with Gasteiger partial charge in [-0.15, -0.1) is 12.4 Å². The Bertz CT molecular complexity index is 588. The van der Waals surface area contributed by atoms with E-state index in [0.717, 1.165) is 37.9 Å². The molecule has 1 atom stereocenters. The van der Waals surface area contributed by atoms with Crippen molar-refractivity contribution in [2.45, 2.75) is 25.8 Å². The summed E-state index contributed by atoms with van der Waals surface area (Å²) in [5.41, 5.74) is 2.38. The molecular formula is C15H24ClN3O2S. The molecule has 1 aromatic rings. The Morgan fingerprint density at radius 1 is 1.27 bits per heavy atom. The summed E-state index contributed by atoms with van der Waals surface area (Å²) in [6.45, 7) is 3.54. The van der Waals surface area contributed by atoms with Gasteiger partial charge in [0.2, 0.25) is 0 Å². The van der Waals surface area contributed by atoms with Gasteiger partial charge < -0.3 is 5.32 Å². The van der Waals surface area contributed by atoms with Crippen molar-refractivity contribution in [3.05, 3.63) is 35.4 Å². The van der Waals surface area contributed by atoms with Crippen molar-refractivity contribution in [3.8, 4) is 0 Å². The molecule has 0 spiro atoms. The molecule has 7 heteroatoms. The van der Waals surface area contributed by atoms with Crippen LogP contribution in [0.15, 0.2) is 24.3 Å². The van der Waals surface area contributed by atoms with E-state index in [-0.39, 0.29) is 12.4 Å². The summed E-state index contributed by atoms with van der Waals surface area (Å²) < 4.78 is 29.2. The van der Waals surface area contributed by atoms with Gasteiger partial charge in [0.05, 0.1) is 0 Å². The number of hydrogen-bond acceptors (Lipinski definition) is 3. The van der Waals surface area contributed by atoms with Crippen LogP contribution in [0, 0.1) is 5.92 Å². The van der Waals surface area contributed by atoms with Crippen molar-refractivity contribution in [1.29, 1.82) is 0 Å². The number of benzene rings is 1. The van der Waals surface area contributed by atoms with Gasteiger partial charge >= 0.3 is 0 Å². The molecule has 0 aromatic heterocycles. The third-order valence-electron chi connectivity index (χ3n) is 4.39. The molecule has 0 radical (unpaired) electrons. The SMILES string of the molecule is Cl.O=S(=O)(NCC1CCCNC1)N1CCc2ccccc2C1. The highest BCUT2D eigenvalue weighted by molar-refractivity contribution is 7.87. The van der Waals surface area contributed by atoms with Gasteiger partial charge in [0.1, 0.15) is 0 Å². The van der Waals surface area contributed by atoms with Crippen molar-refractivity contribution in [2.24, 2.45) is 5.92 Å². The van der Waals surface area contributed by atoms with E-state index in [0.29, 0.717) is 25.6 Å². The van der Waals surface area contributed by atoms with Crippen LogP contribution >= 0.6 is 12.4 Å². The predicted octanol–water partition coefficient (Wildman–Crippen LogP) is 1.30. The molecule has 0 bridgehead atoms. The Balaban J connectivity index is 0.00000176. The highest BCUT2D eigenvalue weighted by atomic mass is 35.5. The highest BCUT2D eigenvalue weighted by Crippen LogP contribution is 2.20. The average Bonchev–Trinajstić information content (AvgIpc) is 2.53. The van der Waals surface area contributed by atoms with Gasteiger partial charge in [0, 0.05) is 19.6 Å². The lowest BCUT2D eigenvalue weighted by Gasteiger charge is -2.29. The third-order valence-corrected chi connectivity index (χ3v) is 5.91. The van der Waals surface area contributed by atoms with Crippen molar-refractivity contribution >= 4 is 22.6 Å². The van der Waals surface area contributed by atoms with E-state index in [4.69, 9.17) is 0 Å². The van der Waals surface area contributed by atoms with Crippen LogP contribution in [0.5, 0.6) is 0 Å². The molecule has 5 nitrogen and oxygen atoms in total. The number of piperidine rings is 1. The van der Waals surface area contributed by atoms with Gasteiger partial charge in [-0.1, -0.05) is 24.3 Å².